The molecule has 1 aliphatic rings. The number of methoxy groups -OCH3 is 1. The number of rotatable bonds is 6. The first kappa shape index (κ1) is 21.1. The van der Waals surface area contributed by atoms with Gasteiger partial charge in [-0.1, -0.05) is 6.07 Å². The fourth-order valence-corrected chi connectivity index (χ4v) is 2.67. The van der Waals surface area contributed by atoms with Crippen molar-refractivity contribution >= 4 is 18.0 Å². The van der Waals surface area contributed by atoms with Crippen LogP contribution in [0, 0.1) is 0 Å². The van der Waals surface area contributed by atoms with Crippen LogP contribution in [-0.4, -0.2) is 37.3 Å². The molecule has 0 saturated carbocycles. The number of carboxylic acid groups (broad SMARTS) is 1. The van der Waals surface area contributed by atoms with E-state index in [0.717, 1.165) is 0 Å². The van der Waals surface area contributed by atoms with Crippen molar-refractivity contribution in [3.63, 3.8) is 0 Å². The summed E-state index contributed by atoms with van der Waals surface area (Å²) in [5.41, 5.74) is 0.448. The number of carbonyl (C=O) groups excluding carboxylic acids is 3. The van der Waals surface area contributed by atoms with Crippen molar-refractivity contribution in [3.8, 4) is 11.5 Å². The Morgan fingerprint density at radius 2 is 1.89 bits per heavy atom. The highest BCUT2D eigenvalue weighted by molar-refractivity contribution is 5.95. The number of amides is 2. The molecule has 0 unspecified atom stereocenters. The highest BCUT2D eigenvalue weighted by atomic mass is 16.6. The lowest BCUT2D eigenvalue weighted by Crippen LogP contribution is -2.46. The third kappa shape index (κ3) is 5.15. The summed E-state index contributed by atoms with van der Waals surface area (Å²) >= 11 is 0. The summed E-state index contributed by atoms with van der Waals surface area (Å²) in [4.78, 5) is 35.3. The molecule has 0 aliphatic carbocycles. The molecule has 152 valence electrons. The number of aliphatic carboxylic acids is 1. The number of carbonyl (C=O) groups is 3. The van der Waals surface area contributed by atoms with Crippen molar-refractivity contribution in [1.29, 1.82) is 0 Å². The van der Waals surface area contributed by atoms with Gasteiger partial charge in [-0.3, -0.25) is 0 Å². The van der Waals surface area contributed by atoms with Gasteiger partial charge in [0.15, 0.2) is 11.5 Å². The molecule has 1 atom stereocenters. The molecule has 1 aromatic rings. The molecular weight excluding hydrogens is 368 g/mol. The number of urea groups is 1. The van der Waals surface area contributed by atoms with E-state index in [4.69, 9.17) is 14.2 Å². The minimum absolute atomic E-state index is 0.190. The van der Waals surface area contributed by atoms with Gasteiger partial charge in [-0.25, -0.2) is 9.59 Å². The predicted molar refractivity (Wildman–Crippen MR) is 96.4 cm³/mol. The lowest BCUT2D eigenvalue weighted by Gasteiger charge is -2.30. The van der Waals surface area contributed by atoms with E-state index in [-0.39, 0.29) is 17.1 Å². The average Bonchev–Trinajstić information content (AvgIpc) is 2.57. The summed E-state index contributed by atoms with van der Waals surface area (Å²) in [6.07, 6.45) is 0. The molecule has 0 spiro atoms. The number of benzene rings is 1. The van der Waals surface area contributed by atoms with Crippen molar-refractivity contribution in [2.24, 2.45) is 0 Å². The van der Waals surface area contributed by atoms with Gasteiger partial charge < -0.3 is 34.7 Å². The maximum atomic E-state index is 12.7. The lowest BCUT2D eigenvalue weighted by molar-refractivity contribution is -0.307. The van der Waals surface area contributed by atoms with E-state index in [1.807, 2.05) is 0 Å². The summed E-state index contributed by atoms with van der Waals surface area (Å²) in [6.45, 7) is 6.22. The van der Waals surface area contributed by atoms with Gasteiger partial charge in [0.1, 0.15) is 12.2 Å². The summed E-state index contributed by atoms with van der Waals surface area (Å²) in [7, 11) is 1.39. The summed E-state index contributed by atoms with van der Waals surface area (Å²) in [5, 5.41) is 15.9. The van der Waals surface area contributed by atoms with E-state index in [1.165, 1.54) is 13.2 Å². The number of esters is 1. The van der Waals surface area contributed by atoms with Crippen LogP contribution >= 0.6 is 0 Å². The van der Waals surface area contributed by atoms with Gasteiger partial charge in [0.25, 0.3) is 0 Å². The number of hydrogen-bond donors (Lipinski definition) is 2. The Bertz CT molecular complexity index is 824. The van der Waals surface area contributed by atoms with Gasteiger partial charge in [0, 0.05) is 5.70 Å². The van der Waals surface area contributed by atoms with Crippen molar-refractivity contribution < 1.29 is 33.7 Å². The molecular formula is C19H23N2O7-. The smallest absolute Gasteiger partial charge is 0.338 e. The molecule has 2 amide bonds. The molecule has 0 fully saturated rings. The molecule has 0 saturated heterocycles. The van der Waals surface area contributed by atoms with E-state index < -0.39 is 36.2 Å². The molecule has 0 aromatic heterocycles. The zero-order valence-electron chi connectivity index (χ0n) is 16.4. The van der Waals surface area contributed by atoms with Crippen molar-refractivity contribution in [2.45, 2.75) is 39.3 Å². The van der Waals surface area contributed by atoms with E-state index >= 15 is 0 Å². The van der Waals surface area contributed by atoms with Gasteiger partial charge in [-0.05, 0) is 45.4 Å². The molecule has 9 nitrogen and oxygen atoms in total. The van der Waals surface area contributed by atoms with Crippen molar-refractivity contribution in [3.05, 3.63) is 35.0 Å². The highest BCUT2D eigenvalue weighted by Crippen LogP contribution is 2.35. The van der Waals surface area contributed by atoms with Gasteiger partial charge in [-0.2, -0.15) is 0 Å². The Balaban J connectivity index is 2.42. The quantitative estimate of drug-likeness (QED) is 0.687. The van der Waals surface area contributed by atoms with Crippen LogP contribution in [0.2, 0.25) is 0 Å². The predicted octanol–water partition coefficient (Wildman–Crippen LogP) is 0.793. The molecule has 0 radical (unpaired) electrons. The Labute approximate surface area is 162 Å². The third-order valence-corrected chi connectivity index (χ3v) is 3.75. The second-order valence-electron chi connectivity index (χ2n) is 7.14. The average molecular weight is 391 g/mol. The van der Waals surface area contributed by atoms with E-state index in [2.05, 4.69) is 10.6 Å². The molecule has 9 heteroatoms. The van der Waals surface area contributed by atoms with Gasteiger partial charge in [0.05, 0.1) is 24.7 Å². The maximum absolute atomic E-state index is 12.7. The number of carboxylic acids is 1. The molecule has 0 bridgehead atoms. The number of nitrogens with one attached hydrogen (secondary N) is 2. The number of allylic oxidation sites excluding steroid dienone is 1. The standard InChI is InChI=1S/C19H24N2O7/c1-10-15(17(24)28-19(2,3)4)16(21-18(25)20-10)11-6-7-12(13(8-11)26-5)27-9-14(22)23/h6-8,16H,9H2,1-5H3,(H,22,23)(H2,20,21,25)/p-1/t16-/m0/s1. The maximum Gasteiger partial charge on any atom is 0.338 e. The van der Waals surface area contributed by atoms with Crippen LogP contribution in [0.4, 0.5) is 4.79 Å². The Hall–Kier alpha value is -3.23. The van der Waals surface area contributed by atoms with E-state index in [9.17, 15) is 19.5 Å². The van der Waals surface area contributed by atoms with Crippen molar-refractivity contribution in [1.82, 2.24) is 10.6 Å². The molecule has 1 heterocycles. The van der Waals surface area contributed by atoms with E-state index in [0.29, 0.717) is 11.3 Å². The van der Waals surface area contributed by atoms with Crippen LogP contribution in [0.15, 0.2) is 29.5 Å². The lowest BCUT2D eigenvalue weighted by atomic mass is 9.95. The normalized spacial score (nSPS) is 16.8. The van der Waals surface area contributed by atoms with Crippen LogP contribution in [0.25, 0.3) is 0 Å². The van der Waals surface area contributed by atoms with Gasteiger partial charge >= 0.3 is 12.0 Å². The first-order valence-electron chi connectivity index (χ1n) is 8.54. The second kappa shape index (κ2) is 8.20. The largest absolute Gasteiger partial charge is 0.546 e. The first-order valence-corrected chi connectivity index (χ1v) is 8.54. The second-order valence-corrected chi connectivity index (χ2v) is 7.14. The molecule has 2 rings (SSSR count). The third-order valence-electron chi connectivity index (χ3n) is 3.75. The highest BCUT2D eigenvalue weighted by Gasteiger charge is 2.34. The van der Waals surface area contributed by atoms with Crippen LogP contribution in [0.1, 0.15) is 39.3 Å². The summed E-state index contributed by atoms with van der Waals surface area (Å²) in [6, 6.07) is 3.39. The first-order chi connectivity index (χ1) is 13.0. The Kier molecular flexibility index (Phi) is 6.17. The zero-order chi connectivity index (χ0) is 21.1. The molecule has 1 aromatic carbocycles. The Morgan fingerprint density at radius 1 is 1.21 bits per heavy atom. The monoisotopic (exact) mass is 391 g/mol. The topological polar surface area (TPSA) is 126 Å². The summed E-state index contributed by atoms with van der Waals surface area (Å²) in [5.74, 6) is -1.51. The number of ether oxygens (including phenoxy) is 3. The molecule has 1 aliphatic heterocycles. The zero-order valence-corrected chi connectivity index (χ0v) is 16.4. The molecule has 28 heavy (non-hydrogen) atoms. The fourth-order valence-electron chi connectivity index (χ4n) is 2.67. The van der Waals surface area contributed by atoms with Gasteiger partial charge in [-0.15, -0.1) is 0 Å². The summed E-state index contributed by atoms with van der Waals surface area (Å²) < 4.78 is 15.8. The minimum Gasteiger partial charge on any atom is -0.546 e. The number of hydrogen-bond acceptors (Lipinski definition) is 7. The Morgan fingerprint density at radius 3 is 2.46 bits per heavy atom. The minimum atomic E-state index is -1.37. The van der Waals surface area contributed by atoms with Crippen LogP contribution < -0.4 is 25.2 Å². The van der Waals surface area contributed by atoms with Crippen LogP contribution in [-0.2, 0) is 14.3 Å². The van der Waals surface area contributed by atoms with Crippen molar-refractivity contribution in [2.75, 3.05) is 13.7 Å². The SMILES string of the molecule is COc1cc([C@@H]2NC(=O)NC(C)=C2C(=O)OC(C)(C)C)ccc1OCC(=O)[O-]. The van der Waals surface area contributed by atoms with Crippen LogP contribution in [0.3, 0.4) is 0 Å². The van der Waals surface area contributed by atoms with Crippen LogP contribution in [0.5, 0.6) is 11.5 Å². The fraction of sp³-hybridized carbons (Fsp3) is 0.421. The van der Waals surface area contributed by atoms with E-state index in [1.54, 1.807) is 39.8 Å². The van der Waals surface area contributed by atoms with Gasteiger partial charge in [0.2, 0.25) is 0 Å². The molecule has 2 N–H and O–H groups in total.